The van der Waals surface area contributed by atoms with Gasteiger partial charge in [-0.2, -0.15) is 0 Å². The lowest BCUT2D eigenvalue weighted by Crippen LogP contribution is -2.31. The maximum Gasteiger partial charge on any atom is 0.233 e. The van der Waals surface area contributed by atoms with Crippen LogP contribution in [0.5, 0.6) is 5.75 Å². The van der Waals surface area contributed by atoms with Gasteiger partial charge in [-0.1, -0.05) is 35.6 Å². The molecule has 5 nitrogen and oxygen atoms in total. The number of pyridine rings is 1. The molecule has 6 heteroatoms. The second-order valence-corrected chi connectivity index (χ2v) is 8.28. The maximum atomic E-state index is 13.4. The highest BCUT2D eigenvalue weighted by Crippen LogP contribution is 2.32. The predicted octanol–water partition coefficient (Wildman–Crippen LogP) is 5.09. The number of benzene rings is 2. The quantitative estimate of drug-likeness (QED) is 0.438. The second kappa shape index (κ2) is 8.63. The predicted molar refractivity (Wildman–Crippen MR) is 121 cm³/mol. The Morgan fingerprint density at radius 2 is 1.93 bits per heavy atom. The SMILES string of the molecule is COc1ccc2nc(N(Cc3cccnc3)C(=O)Cc3ccc(C)c(C)c3)sc2c1. The molecular weight excluding hydrogens is 394 g/mol. The van der Waals surface area contributed by atoms with E-state index in [2.05, 4.69) is 31.0 Å². The van der Waals surface area contributed by atoms with Crippen LogP contribution in [0, 0.1) is 13.8 Å². The Morgan fingerprint density at radius 1 is 1.07 bits per heavy atom. The van der Waals surface area contributed by atoms with E-state index in [1.807, 2.05) is 36.4 Å². The highest BCUT2D eigenvalue weighted by Gasteiger charge is 2.21. The first kappa shape index (κ1) is 20.0. The fraction of sp³-hybridized carbons (Fsp3) is 0.208. The number of thiazole rings is 1. The van der Waals surface area contributed by atoms with Gasteiger partial charge in [0.15, 0.2) is 5.13 Å². The number of aryl methyl sites for hydroxylation is 2. The van der Waals surface area contributed by atoms with Gasteiger partial charge in [-0.25, -0.2) is 4.98 Å². The molecule has 0 unspecified atom stereocenters. The first-order chi connectivity index (χ1) is 14.5. The molecule has 0 N–H and O–H groups in total. The van der Waals surface area contributed by atoms with Crippen LogP contribution in [-0.4, -0.2) is 23.0 Å². The number of carbonyl (C=O) groups excluding carboxylic acids is 1. The number of methoxy groups -OCH3 is 1. The van der Waals surface area contributed by atoms with Crippen LogP contribution >= 0.6 is 11.3 Å². The molecule has 0 spiro atoms. The zero-order chi connectivity index (χ0) is 21.1. The second-order valence-electron chi connectivity index (χ2n) is 7.27. The van der Waals surface area contributed by atoms with E-state index in [0.29, 0.717) is 18.1 Å². The third kappa shape index (κ3) is 4.33. The Balaban J connectivity index is 1.68. The lowest BCUT2D eigenvalue weighted by Gasteiger charge is -2.20. The van der Waals surface area contributed by atoms with Crippen LogP contribution in [0.25, 0.3) is 10.2 Å². The minimum Gasteiger partial charge on any atom is -0.497 e. The Labute approximate surface area is 180 Å². The molecule has 0 saturated heterocycles. The molecule has 0 aliphatic rings. The number of carbonyl (C=O) groups is 1. The number of nitrogens with zero attached hydrogens (tertiary/aromatic N) is 3. The van der Waals surface area contributed by atoms with Crippen LogP contribution in [0.15, 0.2) is 60.9 Å². The summed E-state index contributed by atoms with van der Waals surface area (Å²) in [6.45, 7) is 4.57. The van der Waals surface area contributed by atoms with Crippen molar-refractivity contribution in [2.45, 2.75) is 26.8 Å². The molecule has 0 fully saturated rings. The van der Waals surface area contributed by atoms with E-state index in [4.69, 9.17) is 9.72 Å². The van der Waals surface area contributed by atoms with E-state index in [1.165, 1.54) is 22.5 Å². The van der Waals surface area contributed by atoms with Crippen LogP contribution in [-0.2, 0) is 17.8 Å². The number of rotatable bonds is 6. The van der Waals surface area contributed by atoms with E-state index in [-0.39, 0.29) is 5.91 Å². The third-order valence-electron chi connectivity index (χ3n) is 5.11. The molecule has 0 radical (unpaired) electrons. The van der Waals surface area contributed by atoms with E-state index in [0.717, 1.165) is 27.1 Å². The lowest BCUT2D eigenvalue weighted by atomic mass is 10.0. The molecule has 4 rings (SSSR count). The number of anilines is 1. The van der Waals surface area contributed by atoms with Gasteiger partial charge in [-0.3, -0.25) is 14.7 Å². The molecule has 0 atom stereocenters. The summed E-state index contributed by atoms with van der Waals surface area (Å²) in [5.74, 6) is 0.783. The van der Waals surface area contributed by atoms with Crippen LogP contribution < -0.4 is 9.64 Å². The molecule has 0 bridgehead atoms. The van der Waals surface area contributed by atoms with Gasteiger partial charge < -0.3 is 4.74 Å². The van der Waals surface area contributed by atoms with E-state index in [1.54, 1.807) is 24.4 Å². The van der Waals surface area contributed by atoms with Gasteiger partial charge in [0.25, 0.3) is 0 Å². The van der Waals surface area contributed by atoms with Gasteiger partial charge in [-0.05, 0) is 60.4 Å². The average molecular weight is 418 g/mol. The molecule has 1 amide bonds. The van der Waals surface area contributed by atoms with Crippen molar-refractivity contribution in [3.05, 3.63) is 83.2 Å². The van der Waals surface area contributed by atoms with Gasteiger partial charge in [-0.15, -0.1) is 0 Å². The monoisotopic (exact) mass is 417 g/mol. The Hall–Kier alpha value is -3.25. The Bertz CT molecular complexity index is 1190. The van der Waals surface area contributed by atoms with E-state index >= 15 is 0 Å². The third-order valence-corrected chi connectivity index (χ3v) is 6.15. The average Bonchev–Trinajstić information content (AvgIpc) is 3.18. The molecule has 30 heavy (non-hydrogen) atoms. The summed E-state index contributed by atoms with van der Waals surface area (Å²) in [7, 11) is 1.64. The standard InChI is InChI=1S/C24H23N3O2S/c1-16-6-7-18(11-17(16)2)12-23(28)27(15-19-5-4-10-25-14-19)24-26-21-9-8-20(29-3)13-22(21)30-24/h4-11,13-14H,12,15H2,1-3H3. The largest absolute Gasteiger partial charge is 0.497 e. The van der Waals surface area contributed by atoms with Gasteiger partial charge in [0.05, 0.1) is 30.3 Å². The molecule has 0 aliphatic heterocycles. The Morgan fingerprint density at radius 3 is 2.67 bits per heavy atom. The van der Waals surface area contributed by atoms with Gasteiger partial charge in [0.1, 0.15) is 5.75 Å². The van der Waals surface area contributed by atoms with Gasteiger partial charge >= 0.3 is 0 Å². The van der Waals surface area contributed by atoms with E-state index in [9.17, 15) is 4.79 Å². The number of fused-ring (bicyclic) bond motifs is 1. The van der Waals surface area contributed by atoms with Crippen molar-refractivity contribution in [1.29, 1.82) is 0 Å². The number of aromatic nitrogens is 2. The summed E-state index contributed by atoms with van der Waals surface area (Å²) in [5, 5.41) is 0.677. The number of hydrogen-bond donors (Lipinski definition) is 0. The highest BCUT2D eigenvalue weighted by atomic mass is 32.1. The van der Waals surface area contributed by atoms with Crippen LogP contribution in [0.4, 0.5) is 5.13 Å². The minimum atomic E-state index is 0.00753. The summed E-state index contributed by atoms with van der Waals surface area (Å²) in [6, 6.07) is 15.8. The van der Waals surface area contributed by atoms with Crippen molar-refractivity contribution in [3.8, 4) is 5.75 Å². The molecule has 0 aliphatic carbocycles. The van der Waals surface area contributed by atoms with Crippen LogP contribution in [0.3, 0.4) is 0 Å². The van der Waals surface area contributed by atoms with Crippen molar-refractivity contribution in [2.75, 3.05) is 12.0 Å². The number of ether oxygens (including phenoxy) is 1. The summed E-state index contributed by atoms with van der Waals surface area (Å²) in [4.78, 5) is 24.0. The molecule has 0 saturated carbocycles. The van der Waals surface area contributed by atoms with Crippen molar-refractivity contribution in [2.24, 2.45) is 0 Å². The number of hydrogen-bond acceptors (Lipinski definition) is 5. The smallest absolute Gasteiger partial charge is 0.233 e. The number of amides is 1. The normalized spacial score (nSPS) is 10.9. The van der Waals surface area contributed by atoms with Gasteiger partial charge in [0.2, 0.25) is 5.91 Å². The van der Waals surface area contributed by atoms with Crippen molar-refractivity contribution in [3.63, 3.8) is 0 Å². The fourth-order valence-corrected chi connectivity index (χ4v) is 4.27. The molecule has 2 aromatic heterocycles. The fourth-order valence-electron chi connectivity index (χ4n) is 3.26. The van der Waals surface area contributed by atoms with E-state index < -0.39 is 0 Å². The molecular formula is C24H23N3O2S. The lowest BCUT2D eigenvalue weighted by molar-refractivity contribution is -0.118. The summed E-state index contributed by atoms with van der Waals surface area (Å²) < 4.78 is 6.31. The highest BCUT2D eigenvalue weighted by molar-refractivity contribution is 7.22. The van der Waals surface area contributed by atoms with Crippen LogP contribution in [0.2, 0.25) is 0 Å². The minimum absolute atomic E-state index is 0.00753. The first-order valence-corrected chi connectivity index (χ1v) is 10.5. The summed E-state index contributed by atoms with van der Waals surface area (Å²) >= 11 is 1.49. The molecule has 2 heterocycles. The zero-order valence-corrected chi connectivity index (χ0v) is 18.1. The molecule has 2 aromatic carbocycles. The van der Waals surface area contributed by atoms with Crippen molar-refractivity contribution < 1.29 is 9.53 Å². The van der Waals surface area contributed by atoms with Gasteiger partial charge in [0, 0.05) is 12.4 Å². The maximum absolute atomic E-state index is 13.4. The first-order valence-electron chi connectivity index (χ1n) is 9.73. The molecule has 4 aromatic rings. The molecule has 152 valence electrons. The summed E-state index contributed by atoms with van der Waals surface area (Å²) in [5.41, 5.74) is 5.22. The van der Waals surface area contributed by atoms with Crippen molar-refractivity contribution in [1.82, 2.24) is 9.97 Å². The Kier molecular flexibility index (Phi) is 5.77. The topological polar surface area (TPSA) is 55.3 Å². The van der Waals surface area contributed by atoms with Crippen LogP contribution in [0.1, 0.15) is 22.3 Å². The zero-order valence-electron chi connectivity index (χ0n) is 17.3. The summed E-state index contributed by atoms with van der Waals surface area (Å²) in [6.07, 6.45) is 3.84. The van der Waals surface area contributed by atoms with Crippen molar-refractivity contribution >= 4 is 32.6 Å².